The lowest BCUT2D eigenvalue weighted by molar-refractivity contribution is -0.121. The molecule has 0 bridgehead atoms. The van der Waals surface area contributed by atoms with Crippen LogP contribution in [0.3, 0.4) is 0 Å². The van der Waals surface area contributed by atoms with E-state index in [1.54, 1.807) is 35.2 Å². The highest BCUT2D eigenvalue weighted by Gasteiger charge is 2.30. The Bertz CT molecular complexity index is 999. The zero-order chi connectivity index (χ0) is 21.1. The second-order valence-electron chi connectivity index (χ2n) is 6.03. The van der Waals surface area contributed by atoms with Crippen LogP contribution in [0.1, 0.15) is 28.4 Å². The molecule has 0 aliphatic carbocycles. The molecule has 2 aromatic carbocycles. The van der Waals surface area contributed by atoms with Crippen LogP contribution in [0.2, 0.25) is 0 Å². The highest BCUT2D eigenvalue weighted by Crippen LogP contribution is 2.38. The third-order valence-electron chi connectivity index (χ3n) is 4.09. The molecule has 1 saturated heterocycles. The van der Waals surface area contributed by atoms with Crippen molar-refractivity contribution >= 4 is 78.1 Å². The van der Waals surface area contributed by atoms with Gasteiger partial charge in [-0.3, -0.25) is 9.69 Å². The van der Waals surface area contributed by atoms with Gasteiger partial charge in [-0.2, -0.15) is 0 Å². The van der Waals surface area contributed by atoms with Crippen LogP contribution < -0.4 is 4.74 Å². The summed E-state index contributed by atoms with van der Waals surface area (Å²) in [6.45, 7) is 2.73. The molecule has 5 nitrogen and oxygen atoms in total. The molecule has 0 atom stereocenters. The lowest BCUT2D eigenvalue weighted by atomic mass is 10.1. The number of carboxylic acid groups (broad SMARTS) is 1. The van der Waals surface area contributed by atoms with Crippen molar-refractivity contribution in [3.8, 4) is 5.75 Å². The summed E-state index contributed by atoms with van der Waals surface area (Å²) in [7, 11) is 0. The van der Waals surface area contributed by atoms with Gasteiger partial charge in [0.15, 0.2) is 0 Å². The number of thioether (sulfide) groups is 1. The summed E-state index contributed by atoms with van der Waals surface area (Å²) in [5, 5.41) is 8.96. The molecule has 1 heterocycles. The average Bonchev–Trinajstić information content (AvgIpc) is 2.94. The summed E-state index contributed by atoms with van der Waals surface area (Å²) in [4.78, 5) is 25.5. The summed E-state index contributed by atoms with van der Waals surface area (Å²) in [6, 6.07) is 10.3. The summed E-state index contributed by atoms with van der Waals surface area (Å²) >= 11 is 13.6. The summed E-state index contributed by atoms with van der Waals surface area (Å²) in [5.41, 5.74) is 1.91. The molecule has 0 saturated carbocycles. The summed E-state index contributed by atoms with van der Waals surface area (Å²) in [6.07, 6.45) is 1.80. The van der Waals surface area contributed by atoms with Gasteiger partial charge in [0.05, 0.1) is 19.4 Å². The maximum atomic E-state index is 12.4. The molecule has 3 rings (SSSR count). The molecule has 1 amide bonds. The molecule has 150 valence electrons. The number of nitrogens with zero attached hydrogens (tertiary/aromatic N) is 1. The number of rotatable bonds is 6. The van der Waals surface area contributed by atoms with Crippen molar-refractivity contribution in [2.75, 3.05) is 6.54 Å². The Morgan fingerprint density at radius 2 is 1.86 bits per heavy atom. The number of hydrogen-bond acceptors (Lipinski definition) is 5. The fourth-order valence-corrected chi connectivity index (χ4v) is 5.46. The first-order valence-electron chi connectivity index (χ1n) is 8.49. The minimum Gasteiger partial charge on any atom is -0.487 e. The van der Waals surface area contributed by atoms with Crippen LogP contribution in [0.5, 0.6) is 5.75 Å². The fourth-order valence-electron chi connectivity index (χ4n) is 2.62. The van der Waals surface area contributed by atoms with E-state index in [2.05, 4.69) is 31.9 Å². The quantitative estimate of drug-likeness (QED) is 0.363. The van der Waals surface area contributed by atoms with E-state index in [0.717, 1.165) is 20.1 Å². The third kappa shape index (κ3) is 5.09. The summed E-state index contributed by atoms with van der Waals surface area (Å²) in [5.74, 6) is -0.431. The largest absolute Gasteiger partial charge is 0.487 e. The lowest BCUT2D eigenvalue weighted by Crippen LogP contribution is -2.27. The Morgan fingerprint density at radius 3 is 2.38 bits per heavy atom. The van der Waals surface area contributed by atoms with Gasteiger partial charge in [-0.25, -0.2) is 4.79 Å². The predicted octanol–water partition coefficient (Wildman–Crippen LogP) is 5.71. The van der Waals surface area contributed by atoms with Gasteiger partial charge in [0.2, 0.25) is 0 Å². The molecule has 1 aliphatic rings. The minimum atomic E-state index is -0.964. The molecule has 1 fully saturated rings. The molecular weight excluding hydrogens is 542 g/mol. The highest BCUT2D eigenvalue weighted by molar-refractivity contribution is 9.11. The monoisotopic (exact) mass is 555 g/mol. The van der Waals surface area contributed by atoms with Gasteiger partial charge in [-0.15, -0.1) is 0 Å². The number of amides is 1. The van der Waals surface area contributed by atoms with E-state index in [4.69, 9.17) is 22.1 Å². The van der Waals surface area contributed by atoms with Crippen molar-refractivity contribution in [1.82, 2.24) is 4.90 Å². The normalized spacial score (nSPS) is 15.3. The van der Waals surface area contributed by atoms with Crippen LogP contribution in [0, 0.1) is 0 Å². The van der Waals surface area contributed by atoms with E-state index < -0.39 is 5.97 Å². The van der Waals surface area contributed by atoms with Crippen LogP contribution in [-0.4, -0.2) is 32.7 Å². The number of benzene rings is 2. The van der Waals surface area contributed by atoms with Crippen molar-refractivity contribution in [1.29, 1.82) is 0 Å². The maximum Gasteiger partial charge on any atom is 0.335 e. The van der Waals surface area contributed by atoms with E-state index in [9.17, 15) is 9.59 Å². The number of hydrogen-bond donors (Lipinski definition) is 1. The zero-order valence-electron chi connectivity index (χ0n) is 15.1. The van der Waals surface area contributed by atoms with E-state index in [1.165, 1.54) is 11.8 Å². The topological polar surface area (TPSA) is 66.8 Å². The van der Waals surface area contributed by atoms with Crippen LogP contribution in [0.4, 0.5) is 0 Å². The molecule has 0 spiro atoms. The average molecular weight is 557 g/mol. The predicted molar refractivity (Wildman–Crippen MR) is 125 cm³/mol. The van der Waals surface area contributed by atoms with Crippen molar-refractivity contribution in [3.05, 3.63) is 66.9 Å². The lowest BCUT2D eigenvalue weighted by Gasteiger charge is -2.12. The van der Waals surface area contributed by atoms with Crippen LogP contribution in [0.25, 0.3) is 6.08 Å². The highest BCUT2D eigenvalue weighted by atomic mass is 79.9. The number of carbonyl (C=O) groups excluding carboxylic acids is 1. The first kappa shape index (κ1) is 22.0. The molecule has 0 aromatic heterocycles. The Morgan fingerprint density at radius 1 is 1.24 bits per heavy atom. The van der Waals surface area contributed by atoms with E-state index >= 15 is 0 Å². The van der Waals surface area contributed by atoms with E-state index in [0.29, 0.717) is 21.5 Å². The second-order valence-corrected chi connectivity index (χ2v) is 9.41. The number of aromatic carboxylic acids is 1. The van der Waals surface area contributed by atoms with Crippen molar-refractivity contribution in [2.45, 2.75) is 13.5 Å². The molecule has 9 heteroatoms. The molecule has 1 N–H and O–H groups in total. The smallest absolute Gasteiger partial charge is 0.335 e. The van der Waals surface area contributed by atoms with Crippen molar-refractivity contribution < 1.29 is 19.4 Å². The van der Waals surface area contributed by atoms with Gasteiger partial charge < -0.3 is 9.84 Å². The van der Waals surface area contributed by atoms with Gasteiger partial charge in [0, 0.05) is 6.54 Å². The standard InChI is InChI=1S/C20H15Br2NO4S2/c1-2-23-18(24)16(29-20(23)28)9-12-7-14(21)17(15(22)8-12)27-10-11-3-5-13(6-4-11)19(25)26/h3-9H,2,10H2,1H3,(H,25,26)/b16-9-. The molecule has 0 radical (unpaired) electrons. The Kier molecular flexibility index (Phi) is 7.15. The van der Waals surface area contributed by atoms with E-state index in [1.807, 2.05) is 19.1 Å². The first-order valence-corrected chi connectivity index (χ1v) is 11.3. The van der Waals surface area contributed by atoms with E-state index in [-0.39, 0.29) is 18.1 Å². The number of ether oxygens (including phenoxy) is 1. The number of likely N-dealkylation sites (N-methyl/N-ethyl adjacent to an activating group) is 1. The molecular formula is C20H15Br2NO4S2. The zero-order valence-corrected chi connectivity index (χ0v) is 20.0. The number of thiocarbonyl (C=S) groups is 1. The Labute approximate surface area is 194 Å². The van der Waals surface area contributed by atoms with Crippen molar-refractivity contribution in [3.63, 3.8) is 0 Å². The minimum absolute atomic E-state index is 0.0834. The second kappa shape index (κ2) is 9.42. The van der Waals surface area contributed by atoms with Crippen LogP contribution in [-0.2, 0) is 11.4 Å². The first-order chi connectivity index (χ1) is 13.8. The maximum absolute atomic E-state index is 12.4. The van der Waals surface area contributed by atoms with Gasteiger partial charge in [0.25, 0.3) is 5.91 Å². The Balaban J connectivity index is 1.76. The molecule has 0 unspecified atom stereocenters. The number of halogens is 2. The fraction of sp³-hybridized carbons (Fsp3) is 0.150. The molecule has 1 aliphatic heterocycles. The molecule has 2 aromatic rings. The SMILES string of the molecule is CCN1C(=O)/C(=C/c2cc(Br)c(OCc3ccc(C(=O)O)cc3)c(Br)c2)SC1=S. The van der Waals surface area contributed by atoms with Gasteiger partial charge in [-0.1, -0.05) is 36.1 Å². The van der Waals surface area contributed by atoms with Gasteiger partial charge >= 0.3 is 5.97 Å². The number of carboxylic acids is 1. The summed E-state index contributed by atoms with van der Waals surface area (Å²) < 4.78 is 7.91. The molecule has 29 heavy (non-hydrogen) atoms. The van der Waals surface area contributed by atoms with Crippen LogP contribution in [0.15, 0.2) is 50.2 Å². The van der Waals surface area contributed by atoms with Crippen LogP contribution >= 0.6 is 55.8 Å². The van der Waals surface area contributed by atoms with Crippen molar-refractivity contribution in [2.24, 2.45) is 0 Å². The number of carbonyl (C=O) groups is 2. The Hall–Kier alpha value is -1.68. The van der Waals surface area contributed by atoms with Gasteiger partial charge in [0.1, 0.15) is 16.7 Å². The third-order valence-corrected chi connectivity index (χ3v) is 6.65. The van der Waals surface area contributed by atoms with Gasteiger partial charge in [-0.05, 0) is 80.3 Å².